The van der Waals surface area contributed by atoms with Gasteiger partial charge in [-0.05, 0) is 26.9 Å². The van der Waals surface area contributed by atoms with Crippen LogP contribution in [0.1, 0.15) is 20.8 Å². The molecule has 1 aromatic heterocycles. The van der Waals surface area contributed by atoms with E-state index >= 15 is 0 Å². The topological polar surface area (TPSA) is 50.2 Å². The Morgan fingerprint density at radius 2 is 2.05 bits per heavy atom. The van der Waals surface area contributed by atoms with Crippen LogP contribution in [0.15, 0.2) is 11.0 Å². The van der Waals surface area contributed by atoms with Gasteiger partial charge in [0.25, 0.3) is 5.56 Å². The summed E-state index contributed by atoms with van der Waals surface area (Å²) in [5, 5.41) is 7.52. The summed E-state index contributed by atoms with van der Waals surface area (Å²) in [5.74, 6) is 0.355. The van der Waals surface area contributed by atoms with E-state index in [-0.39, 0.29) is 10.6 Å². The van der Waals surface area contributed by atoms with Crippen molar-refractivity contribution in [1.29, 1.82) is 0 Å². The summed E-state index contributed by atoms with van der Waals surface area (Å²) < 4.78 is 1.41. The largest absolute Gasteiger partial charge is 0.381 e. The van der Waals surface area contributed by atoms with E-state index in [4.69, 9.17) is 11.6 Å². The van der Waals surface area contributed by atoms with Crippen molar-refractivity contribution >= 4 is 17.3 Å². The maximum Gasteiger partial charge on any atom is 0.287 e. The van der Waals surface area contributed by atoms with E-state index in [1.54, 1.807) is 6.20 Å². The van der Waals surface area contributed by atoms with Crippen molar-refractivity contribution in [3.8, 4) is 0 Å². The standard InChI is InChI=1S/C13H23ClN4O/c1-9(2)8-18-13(19)12(14)11(7-16-18)15-6-10(3)17(4)5/h7,9-10,15H,6,8H2,1-5H3. The number of aromatic nitrogens is 2. The van der Waals surface area contributed by atoms with Crippen LogP contribution in [0.3, 0.4) is 0 Å². The van der Waals surface area contributed by atoms with Crippen LogP contribution in [0.2, 0.25) is 5.02 Å². The number of nitrogens with zero attached hydrogens (tertiary/aromatic N) is 3. The highest BCUT2D eigenvalue weighted by atomic mass is 35.5. The van der Waals surface area contributed by atoms with Gasteiger partial charge in [-0.1, -0.05) is 25.4 Å². The van der Waals surface area contributed by atoms with E-state index in [2.05, 4.69) is 22.2 Å². The Morgan fingerprint density at radius 1 is 1.42 bits per heavy atom. The summed E-state index contributed by atoms with van der Waals surface area (Å²) in [6.45, 7) is 7.45. The Hall–Kier alpha value is -1.07. The molecular formula is C13H23ClN4O. The third kappa shape index (κ3) is 4.51. The molecule has 0 saturated heterocycles. The molecule has 1 heterocycles. The van der Waals surface area contributed by atoms with Crippen LogP contribution in [0.5, 0.6) is 0 Å². The van der Waals surface area contributed by atoms with Crippen molar-refractivity contribution in [2.45, 2.75) is 33.4 Å². The molecule has 0 radical (unpaired) electrons. The highest BCUT2D eigenvalue weighted by Gasteiger charge is 2.11. The summed E-state index contributed by atoms with van der Waals surface area (Å²) in [7, 11) is 4.01. The van der Waals surface area contributed by atoms with E-state index < -0.39 is 0 Å². The summed E-state index contributed by atoms with van der Waals surface area (Å²) in [6.07, 6.45) is 1.62. The van der Waals surface area contributed by atoms with Gasteiger partial charge in [0.1, 0.15) is 5.02 Å². The van der Waals surface area contributed by atoms with Crippen LogP contribution in [0, 0.1) is 5.92 Å². The van der Waals surface area contributed by atoms with E-state index in [1.807, 2.05) is 27.9 Å². The Bertz CT molecular complexity index is 470. The lowest BCUT2D eigenvalue weighted by Crippen LogP contribution is -2.32. The van der Waals surface area contributed by atoms with E-state index in [9.17, 15) is 4.79 Å². The van der Waals surface area contributed by atoms with Gasteiger partial charge in [-0.2, -0.15) is 5.10 Å². The zero-order chi connectivity index (χ0) is 14.6. The predicted octanol–water partition coefficient (Wildman–Crippen LogP) is 1.91. The maximum atomic E-state index is 12.0. The number of rotatable bonds is 6. The SMILES string of the molecule is CC(C)Cn1ncc(NCC(C)N(C)C)c(Cl)c1=O. The van der Waals surface area contributed by atoms with Gasteiger partial charge in [0.05, 0.1) is 11.9 Å². The molecule has 0 aliphatic carbocycles. The van der Waals surface area contributed by atoms with Crippen molar-refractivity contribution in [3.63, 3.8) is 0 Å². The third-order valence-corrected chi connectivity index (χ3v) is 3.36. The van der Waals surface area contributed by atoms with Crippen molar-refractivity contribution in [2.24, 2.45) is 5.92 Å². The van der Waals surface area contributed by atoms with Crippen LogP contribution in [0.4, 0.5) is 5.69 Å². The Kier molecular flexibility index (Phi) is 5.82. The Balaban J connectivity index is 2.82. The zero-order valence-corrected chi connectivity index (χ0v) is 13.0. The molecule has 108 valence electrons. The molecule has 0 aromatic carbocycles. The molecule has 1 unspecified atom stereocenters. The average molecular weight is 287 g/mol. The monoisotopic (exact) mass is 286 g/mol. The predicted molar refractivity (Wildman–Crippen MR) is 80.0 cm³/mol. The smallest absolute Gasteiger partial charge is 0.287 e. The summed E-state index contributed by atoms with van der Waals surface area (Å²) in [6, 6.07) is 0.342. The molecule has 5 nitrogen and oxygen atoms in total. The number of nitrogens with one attached hydrogen (secondary N) is 1. The molecule has 0 amide bonds. The van der Waals surface area contributed by atoms with Gasteiger partial charge in [-0.3, -0.25) is 4.79 Å². The van der Waals surface area contributed by atoms with Crippen LogP contribution >= 0.6 is 11.6 Å². The van der Waals surface area contributed by atoms with E-state index in [1.165, 1.54) is 4.68 Å². The minimum absolute atomic E-state index is 0.210. The Labute approximate surface area is 119 Å². The van der Waals surface area contributed by atoms with Crippen LogP contribution in [-0.4, -0.2) is 41.4 Å². The van der Waals surface area contributed by atoms with Gasteiger partial charge in [0.15, 0.2) is 0 Å². The normalized spacial score (nSPS) is 13.1. The van der Waals surface area contributed by atoms with Crippen molar-refractivity contribution < 1.29 is 0 Å². The highest BCUT2D eigenvalue weighted by Crippen LogP contribution is 2.15. The first-order valence-electron chi connectivity index (χ1n) is 6.48. The molecule has 1 N–H and O–H groups in total. The summed E-state index contributed by atoms with van der Waals surface area (Å²) >= 11 is 6.10. The Morgan fingerprint density at radius 3 is 2.58 bits per heavy atom. The molecule has 19 heavy (non-hydrogen) atoms. The molecule has 1 atom stereocenters. The first-order chi connectivity index (χ1) is 8.82. The lowest BCUT2D eigenvalue weighted by Gasteiger charge is -2.21. The van der Waals surface area contributed by atoms with Gasteiger partial charge in [-0.25, -0.2) is 4.68 Å². The molecule has 1 aromatic rings. The van der Waals surface area contributed by atoms with Crippen molar-refractivity contribution in [2.75, 3.05) is 26.0 Å². The molecule has 0 fully saturated rings. The van der Waals surface area contributed by atoms with E-state index in [0.29, 0.717) is 30.7 Å². The molecule has 0 aliphatic heterocycles. The second-order valence-electron chi connectivity index (χ2n) is 5.45. The minimum Gasteiger partial charge on any atom is -0.381 e. The number of hydrogen-bond donors (Lipinski definition) is 1. The van der Waals surface area contributed by atoms with Crippen molar-refractivity contribution in [1.82, 2.24) is 14.7 Å². The van der Waals surface area contributed by atoms with Gasteiger partial charge >= 0.3 is 0 Å². The fourth-order valence-corrected chi connectivity index (χ4v) is 1.72. The fourth-order valence-electron chi connectivity index (χ4n) is 1.50. The van der Waals surface area contributed by atoms with Gasteiger partial charge in [-0.15, -0.1) is 0 Å². The second kappa shape index (κ2) is 6.91. The number of hydrogen-bond acceptors (Lipinski definition) is 4. The summed E-state index contributed by atoms with van der Waals surface area (Å²) in [4.78, 5) is 14.1. The number of halogens is 1. The van der Waals surface area contributed by atoms with Crippen LogP contribution < -0.4 is 10.9 Å². The van der Waals surface area contributed by atoms with Gasteiger partial charge in [0, 0.05) is 19.1 Å². The zero-order valence-electron chi connectivity index (χ0n) is 12.3. The van der Waals surface area contributed by atoms with Gasteiger partial charge < -0.3 is 10.2 Å². The molecule has 0 spiro atoms. The van der Waals surface area contributed by atoms with Gasteiger partial charge in [0.2, 0.25) is 0 Å². The number of likely N-dealkylation sites (N-methyl/N-ethyl adjacent to an activating group) is 1. The molecule has 1 rings (SSSR count). The maximum absolute atomic E-state index is 12.0. The minimum atomic E-state index is -0.238. The summed E-state index contributed by atoms with van der Waals surface area (Å²) in [5.41, 5.74) is 0.359. The van der Waals surface area contributed by atoms with Crippen LogP contribution in [0.25, 0.3) is 0 Å². The van der Waals surface area contributed by atoms with E-state index in [0.717, 1.165) is 0 Å². The first kappa shape index (κ1) is 16.0. The fraction of sp³-hybridized carbons (Fsp3) is 0.692. The molecular weight excluding hydrogens is 264 g/mol. The lowest BCUT2D eigenvalue weighted by molar-refractivity contribution is 0.326. The van der Waals surface area contributed by atoms with Crippen LogP contribution in [-0.2, 0) is 6.54 Å². The number of anilines is 1. The highest BCUT2D eigenvalue weighted by molar-refractivity contribution is 6.32. The molecule has 0 saturated carbocycles. The molecule has 6 heteroatoms. The average Bonchev–Trinajstić information content (AvgIpc) is 2.33. The molecule has 0 bridgehead atoms. The first-order valence-corrected chi connectivity index (χ1v) is 6.86. The second-order valence-corrected chi connectivity index (χ2v) is 5.82. The van der Waals surface area contributed by atoms with Crippen molar-refractivity contribution in [3.05, 3.63) is 21.6 Å². The third-order valence-electron chi connectivity index (χ3n) is 2.99. The quantitative estimate of drug-likeness (QED) is 0.868. The lowest BCUT2D eigenvalue weighted by atomic mass is 10.2. The molecule has 0 aliphatic rings.